The van der Waals surface area contributed by atoms with Gasteiger partial charge >= 0.3 is 0 Å². The molecular weight excluding hydrogens is 256 g/mol. The molecule has 0 bridgehead atoms. The molecule has 6 nitrogen and oxygen atoms in total. The fourth-order valence-corrected chi connectivity index (χ4v) is 2.73. The molecule has 0 spiro atoms. The number of nitrogens with one attached hydrogen (secondary N) is 1. The first kappa shape index (κ1) is 15.3. The first-order chi connectivity index (χ1) is 9.65. The highest BCUT2D eigenvalue weighted by molar-refractivity contribution is 5.50. The van der Waals surface area contributed by atoms with E-state index >= 15 is 0 Å². The van der Waals surface area contributed by atoms with Crippen molar-refractivity contribution >= 4 is 5.82 Å². The molecule has 0 saturated carbocycles. The fourth-order valence-electron chi connectivity index (χ4n) is 2.73. The zero-order chi connectivity index (χ0) is 14.5. The summed E-state index contributed by atoms with van der Waals surface area (Å²) < 4.78 is 12.5. The summed E-state index contributed by atoms with van der Waals surface area (Å²) in [7, 11) is 5.86. The van der Waals surface area contributed by atoms with Crippen LogP contribution in [0.5, 0.6) is 0 Å². The van der Waals surface area contributed by atoms with Gasteiger partial charge in [-0.3, -0.25) is 4.68 Å². The van der Waals surface area contributed by atoms with Crippen molar-refractivity contribution in [2.45, 2.75) is 25.9 Å². The molecule has 1 saturated heterocycles. The summed E-state index contributed by atoms with van der Waals surface area (Å²) in [6, 6.07) is 0.447. The predicted molar refractivity (Wildman–Crippen MR) is 79.2 cm³/mol. The van der Waals surface area contributed by atoms with Gasteiger partial charge in [-0.2, -0.15) is 5.10 Å². The molecule has 0 aromatic carbocycles. The van der Waals surface area contributed by atoms with Crippen molar-refractivity contribution in [3.05, 3.63) is 11.3 Å². The van der Waals surface area contributed by atoms with Gasteiger partial charge in [0, 0.05) is 46.5 Å². The van der Waals surface area contributed by atoms with E-state index in [1.807, 2.05) is 11.7 Å². The van der Waals surface area contributed by atoms with E-state index < -0.39 is 0 Å². The van der Waals surface area contributed by atoms with Crippen LogP contribution in [0, 0.1) is 6.92 Å². The van der Waals surface area contributed by atoms with Crippen LogP contribution in [0.25, 0.3) is 0 Å². The standard InChI is InChI=1S/C14H26N4O2/c1-11-13(9-15-6-8-19-4)14(18(3)16-11)17(2)12-5-7-20-10-12/h12,15H,5-10H2,1-4H3. The lowest BCUT2D eigenvalue weighted by atomic mass is 10.2. The minimum absolute atomic E-state index is 0.447. The maximum Gasteiger partial charge on any atom is 0.131 e. The Labute approximate surface area is 121 Å². The molecule has 0 aliphatic carbocycles. The van der Waals surface area contributed by atoms with Crippen molar-refractivity contribution in [2.75, 3.05) is 45.4 Å². The quantitative estimate of drug-likeness (QED) is 0.746. The average molecular weight is 282 g/mol. The lowest BCUT2D eigenvalue weighted by molar-refractivity contribution is 0.193. The van der Waals surface area contributed by atoms with Gasteiger partial charge in [0.25, 0.3) is 0 Å². The second-order valence-electron chi connectivity index (χ2n) is 5.31. The van der Waals surface area contributed by atoms with Crippen molar-refractivity contribution < 1.29 is 9.47 Å². The minimum Gasteiger partial charge on any atom is -0.383 e. The number of anilines is 1. The number of hydrogen-bond acceptors (Lipinski definition) is 5. The van der Waals surface area contributed by atoms with Gasteiger partial charge in [-0.1, -0.05) is 0 Å². The highest BCUT2D eigenvalue weighted by Gasteiger charge is 2.25. The van der Waals surface area contributed by atoms with E-state index in [4.69, 9.17) is 9.47 Å². The maximum atomic E-state index is 5.50. The number of likely N-dealkylation sites (N-methyl/N-ethyl adjacent to an activating group) is 1. The zero-order valence-electron chi connectivity index (χ0n) is 13.0. The highest BCUT2D eigenvalue weighted by Crippen LogP contribution is 2.26. The van der Waals surface area contributed by atoms with Crippen molar-refractivity contribution in [3.63, 3.8) is 0 Å². The Bertz CT molecular complexity index is 427. The lowest BCUT2D eigenvalue weighted by Gasteiger charge is -2.26. The molecule has 1 aromatic heterocycles. The number of rotatable bonds is 7. The van der Waals surface area contributed by atoms with Crippen molar-refractivity contribution in [1.29, 1.82) is 0 Å². The molecule has 114 valence electrons. The Morgan fingerprint density at radius 3 is 3.00 bits per heavy atom. The minimum atomic E-state index is 0.447. The summed E-state index contributed by atoms with van der Waals surface area (Å²) >= 11 is 0. The number of aromatic nitrogens is 2. The number of methoxy groups -OCH3 is 1. The third-order valence-electron chi connectivity index (χ3n) is 3.89. The Morgan fingerprint density at radius 2 is 2.35 bits per heavy atom. The zero-order valence-corrected chi connectivity index (χ0v) is 13.0. The molecule has 1 aromatic rings. The van der Waals surface area contributed by atoms with Gasteiger partial charge in [-0.25, -0.2) is 0 Å². The second kappa shape index (κ2) is 7.06. The summed E-state index contributed by atoms with van der Waals surface area (Å²) in [5.74, 6) is 1.18. The molecule has 2 heterocycles. The van der Waals surface area contributed by atoms with Gasteiger partial charge in [0.15, 0.2) is 0 Å². The second-order valence-corrected chi connectivity index (χ2v) is 5.31. The summed E-state index contributed by atoms with van der Waals surface area (Å²) in [5, 5.41) is 7.97. The van der Waals surface area contributed by atoms with E-state index in [-0.39, 0.29) is 0 Å². The molecular formula is C14H26N4O2. The van der Waals surface area contributed by atoms with Crippen LogP contribution in [-0.4, -0.2) is 56.3 Å². The van der Waals surface area contributed by atoms with Gasteiger partial charge in [-0.15, -0.1) is 0 Å². The average Bonchev–Trinajstić information content (AvgIpc) is 3.03. The third-order valence-corrected chi connectivity index (χ3v) is 3.89. The molecule has 6 heteroatoms. The summed E-state index contributed by atoms with van der Waals surface area (Å²) in [4.78, 5) is 2.31. The Hall–Kier alpha value is -1.11. The number of aryl methyl sites for hydroxylation is 2. The van der Waals surface area contributed by atoms with Crippen LogP contribution >= 0.6 is 0 Å². The van der Waals surface area contributed by atoms with E-state index in [2.05, 4.69) is 29.3 Å². The molecule has 1 atom stereocenters. The van der Waals surface area contributed by atoms with Crippen LogP contribution < -0.4 is 10.2 Å². The van der Waals surface area contributed by atoms with Gasteiger partial charge in [0.2, 0.25) is 0 Å². The van der Waals surface area contributed by atoms with E-state index in [0.29, 0.717) is 6.04 Å². The highest BCUT2D eigenvalue weighted by atomic mass is 16.5. The van der Waals surface area contributed by atoms with Crippen molar-refractivity contribution in [1.82, 2.24) is 15.1 Å². The van der Waals surface area contributed by atoms with E-state index in [1.165, 1.54) is 11.4 Å². The van der Waals surface area contributed by atoms with Gasteiger partial charge in [0.05, 0.1) is 24.9 Å². The van der Waals surface area contributed by atoms with Crippen LogP contribution in [0.2, 0.25) is 0 Å². The third kappa shape index (κ3) is 3.31. The van der Waals surface area contributed by atoms with E-state index in [1.54, 1.807) is 7.11 Å². The molecule has 1 unspecified atom stereocenters. The van der Waals surface area contributed by atoms with Crippen molar-refractivity contribution in [3.8, 4) is 0 Å². The summed E-state index contributed by atoms with van der Waals surface area (Å²) in [6.07, 6.45) is 1.08. The Balaban J connectivity index is 2.09. The monoisotopic (exact) mass is 282 g/mol. The maximum absolute atomic E-state index is 5.50. The van der Waals surface area contributed by atoms with E-state index in [0.717, 1.165) is 45.0 Å². The first-order valence-corrected chi connectivity index (χ1v) is 7.17. The van der Waals surface area contributed by atoms with Gasteiger partial charge < -0.3 is 19.7 Å². The van der Waals surface area contributed by atoms with Crippen LogP contribution in [0.15, 0.2) is 0 Å². The molecule has 0 amide bonds. The molecule has 1 aliphatic rings. The van der Waals surface area contributed by atoms with Gasteiger partial charge in [-0.05, 0) is 13.3 Å². The van der Waals surface area contributed by atoms with Crippen LogP contribution in [0.1, 0.15) is 17.7 Å². The SMILES string of the molecule is COCCNCc1c(C)nn(C)c1N(C)C1CCOC1. The Kier molecular flexibility index (Phi) is 5.39. The molecule has 0 radical (unpaired) electrons. The molecule has 1 N–H and O–H groups in total. The number of ether oxygens (including phenoxy) is 2. The Morgan fingerprint density at radius 1 is 1.55 bits per heavy atom. The van der Waals surface area contributed by atoms with Crippen LogP contribution in [0.3, 0.4) is 0 Å². The molecule has 1 fully saturated rings. The molecule has 2 rings (SSSR count). The number of nitrogens with zero attached hydrogens (tertiary/aromatic N) is 3. The van der Waals surface area contributed by atoms with Gasteiger partial charge in [0.1, 0.15) is 5.82 Å². The van der Waals surface area contributed by atoms with Crippen LogP contribution in [-0.2, 0) is 23.1 Å². The largest absolute Gasteiger partial charge is 0.383 e. The normalized spacial score (nSPS) is 18.7. The van der Waals surface area contributed by atoms with E-state index in [9.17, 15) is 0 Å². The first-order valence-electron chi connectivity index (χ1n) is 7.17. The predicted octanol–water partition coefficient (Wildman–Crippen LogP) is 0.690. The lowest BCUT2D eigenvalue weighted by Crippen LogP contribution is -2.34. The summed E-state index contributed by atoms with van der Waals surface area (Å²) in [6.45, 7) is 6.11. The topological polar surface area (TPSA) is 51.5 Å². The number of hydrogen-bond donors (Lipinski definition) is 1. The summed E-state index contributed by atoms with van der Waals surface area (Å²) in [5.41, 5.74) is 2.34. The molecule has 1 aliphatic heterocycles. The van der Waals surface area contributed by atoms with Crippen LogP contribution in [0.4, 0.5) is 5.82 Å². The van der Waals surface area contributed by atoms with Crippen molar-refractivity contribution in [2.24, 2.45) is 7.05 Å². The fraction of sp³-hybridized carbons (Fsp3) is 0.786. The smallest absolute Gasteiger partial charge is 0.131 e. The molecule has 20 heavy (non-hydrogen) atoms.